The van der Waals surface area contributed by atoms with Gasteiger partial charge in [0, 0.05) is 8.95 Å². The van der Waals surface area contributed by atoms with Crippen LogP contribution in [0.5, 0.6) is 11.5 Å². The second kappa shape index (κ2) is 5.97. The molecule has 4 heteroatoms. The number of halogens is 2. The molecule has 2 nitrogen and oxygen atoms in total. The summed E-state index contributed by atoms with van der Waals surface area (Å²) in [7, 11) is 0. The number of nitrogen functional groups attached to an aromatic ring is 1. The van der Waals surface area contributed by atoms with Crippen molar-refractivity contribution < 1.29 is 4.74 Å². The Hall–Kier alpha value is -1.00. The first-order valence-corrected chi connectivity index (χ1v) is 7.58. The number of rotatable bonds is 3. The minimum absolute atomic E-state index is 0.379. The van der Waals surface area contributed by atoms with Gasteiger partial charge in [-0.25, -0.2) is 0 Å². The van der Waals surface area contributed by atoms with E-state index in [0.29, 0.717) is 17.4 Å². The summed E-state index contributed by atoms with van der Waals surface area (Å²) in [6, 6.07) is 11.6. The van der Waals surface area contributed by atoms with Crippen molar-refractivity contribution in [2.75, 3.05) is 5.73 Å². The molecular formula is C15H15Br2NO. The van der Waals surface area contributed by atoms with Gasteiger partial charge in [0.2, 0.25) is 0 Å². The van der Waals surface area contributed by atoms with Crippen molar-refractivity contribution in [1.82, 2.24) is 0 Å². The van der Waals surface area contributed by atoms with E-state index in [1.54, 1.807) is 0 Å². The van der Waals surface area contributed by atoms with E-state index >= 15 is 0 Å². The molecule has 0 amide bonds. The number of anilines is 1. The third-order valence-electron chi connectivity index (χ3n) is 2.79. The van der Waals surface area contributed by atoms with Crippen molar-refractivity contribution in [3.63, 3.8) is 0 Å². The topological polar surface area (TPSA) is 35.2 Å². The molecule has 0 heterocycles. The van der Waals surface area contributed by atoms with Crippen LogP contribution in [-0.4, -0.2) is 0 Å². The molecule has 2 aromatic carbocycles. The fourth-order valence-corrected chi connectivity index (χ4v) is 2.55. The lowest BCUT2D eigenvalue weighted by molar-refractivity contribution is 0.475. The first-order valence-electron chi connectivity index (χ1n) is 5.99. The third kappa shape index (κ3) is 3.51. The average Bonchev–Trinajstić information content (AvgIpc) is 2.34. The molecule has 0 bridgehead atoms. The number of ether oxygens (including phenoxy) is 1. The van der Waals surface area contributed by atoms with Crippen LogP contribution >= 0.6 is 31.9 Å². The van der Waals surface area contributed by atoms with E-state index < -0.39 is 0 Å². The van der Waals surface area contributed by atoms with Crippen LogP contribution < -0.4 is 10.5 Å². The van der Waals surface area contributed by atoms with E-state index in [9.17, 15) is 0 Å². The average molecular weight is 385 g/mol. The van der Waals surface area contributed by atoms with Gasteiger partial charge in [0.1, 0.15) is 11.5 Å². The van der Waals surface area contributed by atoms with Gasteiger partial charge in [-0.15, -0.1) is 0 Å². The molecule has 100 valence electrons. The number of hydrogen-bond acceptors (Lipinski definition) is 2. The van der Waals surface area contributed by atoms with Crippen molar-refractivity contribution in [2.24, 2.45) is 0 Å². The summed E-state index contributed by atoms with van der Waals surface area (Å²) in [4.78, 5) is 0. The summed E-state index contributed by atoms with van der Waals surface area (Å²) in [6.45, 7) is 4.28. The molecular weight excluding hydrogens is 370 g/mol. The SMILES string of the molecule is CC(C)c1cc(Br)ccc1Oc1ccc(Br)cc1N. The molecule has 0 aliphatic rings. The molecule has 2 N–H and O–H groups in total. The summed E-state index contributed by atoms with van der Waals surface area (Å²) in [5, 5.41) is 0. The Bertz CT molecular complexity index is 597. The molecule has 0 radical (unpaired) electrons. The lowest BCUT2D eigenvalue weighted by atomic mass is 10.0. The van der Waals surface area contributed by atoms with E-state index in [0.717, 1.165) is 20.3 Å². The fraction of sp³-hybridized carbons (Fsp3) is 0.200. The highest BCUT2D eigenvalue weighted by molar-refractivity contribution is 9.10. The van der Waals surface area contributed by atoms with Crippen molar-refractivity contribution in [3.8, 4) is 11.5 Å². The highest BCUT2D eigenvalue weighted by Crippen LogP contribution is 2.35. The molecule has 0 spiro atoms. The van der Waals surface area contributed by atoms with Gasteiger partial charge in [-0.2, -0.15) is 0 Å². The summed E-state index contributed by atoms with van der Waals surface area (Å²) < 4.78 is 7.94. The molecule has 0 unspecified atom stereocenters. The minimum Gasteiger partial charge on any atom is -0.455 e. The van der Waals surface area contributed by atoms with Crippen molar-refractivity contribution in [2.45, 2.75) is 19.8 Å². The predicted molar refractivity (Wildman–Crippen MR) is 86.9 cm³/mol. The lowest BCUT2D eigenvalue weighted by Crippen LogP contribution is -1.96. The first kappa shape index (κ1) is 14.4. The maximum absolute atomic E-state index is 5.96. The number of hydrogen-bond donors (Lipinski definition) is 1. The van der Waals surface area contributed by atoms with Gasteiger partial charge < -0.3 is 10.5 Å². The fourth-order valence-electron chi connectivity index (χ4n) is 1.79. The zero-order chi connectivity index (χ0) is 14.0. The Balaban J connectivity index is 2.38. The molecule has 0 atom stereocenters. The van der Waals surface area contributed by atoms with E-state index in [1.807, 2.05) is 30.3 Å². The Morgan fingerprint density at radius 2 is 1.53 bits per heavy atom. The van der Waals surface area contributed by atoms with E-state index in [1.165, 1.54) is 0 Å². The van der Waals surface area contributed by atoms with Gasteiger partial charge in [0.05, 0.1) is 5.69 Å². The first-order chi connectivity index (χ1) is 8.97. The number of benzene rings is 2. The van der Waals surface area contributed by atoms with E-state index in [2.05, 4.69) is 51.8 Å². The molecule has 0 aliphatic heterocycles. The van der Waals surface area contributed by atoms with Crippen molar-refractivity contribution in [1.29, 1.82) is 0 Å². The Kier molecular flexibility index (Phi) is 4.53. The highest BCUT2D eigenvalue weighted by Gasteiger charge is 2.11. The third-order valence-corrected chi connectivity index (χ3v) is 3.77. The largest absolute Gasteiger partial charge is 0.455 e. The highest BCUT2D eigenvalue weighted by atomic mass is 79.9. The summed E-state index contributed by atoms with van der Waals surface area (Å²) in [6.07, 6.45) is 0. The quantitative estimate of drug-likeness (QED) is 0.687. The summed E-state index contributed by atoms with van der Waals surface area (Å²) in [5.74, 6) is 1.89. The minimum atomic E-state index is 0.379. The summed E-state index contributed by atoms with van der Waals surface area (Å²) >= 11 is 6.87. The maximum Gasteiger partial charge on any atom is 0.150 e. The lowest BCUT2D eigenvalue weighted by Gasteiger charge is -2.15. The maximum atomic E-state index is 5.96. The second-order valence-corrected chi connectivity index (χ2v) is 6.45. The van der Waals surface area contributed by atoms with Crippen LogP contribution in [0.15, 0.2) is 45.3 Å². The van der Waals surface area contributed by atoms with Crippen LogP contribution in [0.25, 0.3) is 0 Å². The molecule has 0 aliphatic carbocycles. The van der Waals surface area contributed by atoms with Gasteiger partial charge in [-0.3, -0.25) is 0 Å². The van der Waals surface area contributed by atoms with Crippen LogP contribution in [0.2, 0.25) is 0 Å². The molecule has 0 fully saturated rings. The van der Waals surface area contributed by atoms with Gasteiger partial charge >= 0.3 is 0 Å². The van der Waals surface area contributed by atoms with E-state index in [-0.39, 0.29) is 0 Å². The standard InChI is InChI=1S/C15H15Br2NO/c1-9(2)12-7-10(16)3-5-14(12)19-15-6-4-11(17)8-13(15)18/h3-9H,18H2,1-2H3. The Morgan fingerprint density at radius 1 is 0.947 bits per heavy atom. The molecule has 2 rings (SSSR count). The molecule has 19 heavy (non-hydrogen) atoms. The summed E-state index contributed by atoms with van der Waals surface area (Å²) in [5.41, 5.74) is 7.73. The Morgan fingerprint density at radius 3 is 2.11 bits per heavy atom. The second-order valence-electron chi connectivity index (χ2n) is 4.62. The van der Waals surface area contributed by atoms with Crippen LogP contribution in [0, 0.1) is 0 Å². The van der Waals surface area contributed by atoms with Crippen molar-refractivity contribution in [3.05, 3.63) is 50.9 Å². The predicted octanol–water partition coefficient (Wildman–Crippen LogP) is 5.71. The van der Waals surface area contributed by atoms with E-state index in [4.69, 9.17) is 10.5 Å². The Labute approximate surface area is 130 Å². The van der Waals surface area contributed by atoms with Crippen LogP contribution in [0.4, 0.5) is 5.69 Å². The molecule has 0 aromatic heterocycles. The molecule has 0 saturated heterocycles. The van der Waals surface area contributed by atoms with Crippen molar-refractivity contribution >= 4 is 37.5 Å². The van der Waals surface area contributed by atoms with Gasteiger partial charge in [-0.1, -0.05) is 45.7 Å². The zero-order valence-corrected chi connectivity index (χ0v) is 14.0. The molecule has 0 saturated carbocycles. The van der Waals surface area contributed by atoms with Crippen LogP contribution in [0.3, 0.4) is 0 Å². The van der Waals surface area contributed by atoms with Crippen LogP contribution in [-0.2, 0) is 0 Å². The van der Waals surface area contributed by atoms with Gasteiger partial charge in [0.15, 0.2) is 0 Å². The smallest absolute Gasteiger partial charge is 0.150 e. The van der Waals surface area contributed by atoms with Crippen LogP contribution in [0.1, 0.15) is 25.3 Å². The van der Waals surface area contributed by atoms with Gasteiger partial charge in [0.25, 0.3) is 0 Å². The number of nitrogens with two attached hydrogens (primary N) is 1. The van der Waals surface area contributed by atoms with Gasteiger partial charge in [-0.05, 0) is 47.9 Å². The normalized spacial score (nSPS) is 10.8. The zero-order valence-electron chi connectivity index (χ0n) is 10.8. The monoisotopic (exact) mass is 383 g/mol. The molecule has 2 aromatic rings.